The van der Waals surface area contributed by atoms with Gasteiger partial charge < -0.3 is 10.6 Å². The highest BCUT2D eigenvalue weighted by Gasteiger charge is 2.13. The Hall–Kier alpha value is -1.03. The average molecular weight is 239 g/mol. The molecule has 0 saturated carbocycles. The van der Waals surface area contributed by atoms with E-state index in [0.29, 0.717) is 12.0 Å². The number of hydrogen-bond donors (Lipinski definition) is 1. The molecule has 16 heavy (non-hydrogen) atoms. The van der Waals surface area contributed by atoms with Gasteiger partial charge in [0.2, 0.25) is 0 Å². The number of nitrogens with zero attached hydrogens (tertiary/aromatic N) is 2. The van der Waals surface area contributed by atoms with Gasteiger partial charge in [0, 0.05) is 17.0 Å². The molecular formula is C12H21N3S. The summed E-state index contributed by atoms with van der Waals surface area (Å²) >= 11 is 1.75. The van der Waals surface area contributed by atoms with Crippen LogP contribution in [0, 0.1) is 0 Å². The predicted octanol–water partition coefficient (Wildman–Crippen LogP) is 2.68. The van der Waals surface area contributed by atoms with E-state index in [1.165, 1.54) is 4.88 Å². The lowest BCUT2D eigenvalue weighted by Gasteiger charge is -2.27. The Kier molecular flexibility index (Phi) is 4.80. The topological polar surface area (TPSA) is 41.6 Å². The van der Waals surface area contributed by atoms with Crippen molar-refractivity contribution < 1.29 is 0 Å². The molecule has 90 valence electrons. The standard InChI is InChI=1S/C12H21N3S/c1-9(2)14-12(13)15(10(3)4)8-11-6-5-7-16-11/h5-7,9-10H,8H2,1-4H3,(H2,13,14). The van der Waals surface area contributed by atoms with Crippen molar-refractivity contribution in [3.8, 4) is 0 Å². The summed E-state index contributed by atoms with van der Waals surface area (Å²) in [7, 11) is 0. The summed E-state index contributed by atoms with van der Waals surface area (Å²) in [6.07, 6.45) is 0. The van der Waals surface area contributed by atoms with Crippen molar-refractivity contribution in [3.05, 3.63) is 22.4 Å². The lowest BCUT2D eigenvalue weighted by atomic mass is 10.3. The van der Waals surface area contributed by atoms with Crippen LogP contribution in [-0.2, 0) is 6.54 Å². The van der Waals surface area contributed by atoms with Crippen molar-refractivity contribution in [2.75, 3.05) is 0 Å². The largest absolute Gasteiger partial charge is 0.370 e. The van der Waals surface area contributed by atoms with Crippen LogP contribution in [-0.4, -0.2) is 22.9 Å². The Morgan fingerprint density at radius 1 is 1.44 bits per heavy atom. The molecule has 0 atom stereocenters. The monoisotopic (exact) mass is 239 g/mol. The third kappa shape index (κ3) is 3.85. The van der Waals surface area contributed by atoms with Gasteiger partial charge in [-0.3, -0.25) is 4.99 Å². The average Bonchev–Trinajstić information content (AvgIpc) is 2.64. The molecule has 0 radical (unpaired) electrons. The molecule has 0 aromatic carbocycles. The first-order valence-corrected chi connectivity index (χ1v) is 6.51. The lowest BCUT2D eigenvalue weighted by molar-refractivity contribution is 0.339. The first-order chi connectivity index (χ1) is 7.50. The van der Waals surface area contributed by atoms with Crippen LogP contribution in [0.25, 0.3) is 0 Å². The van der Waals surface area contributed by atoms with E-state index in [1.807, 2.05) is 13.8 Å². The Bertz CT molecular complexity index is 328. The molecule has 1 heterocycles. The smallest absolute Gasteiger partial charge is 0.192 e. The summed E-state index contributed by atoms with van der Waals surface area (Å²) in [5, 5.41) is 2.09. The molecule has 0 aliphatic heterocycles. The number of aliphatic imine (C=N–C) groups is 1. The predicted molar refractivity (Wildman–Crippen MR) is 71.8 cm³/mol. The molecular weight excluding hydrogens is 218 g/mol. The van der Waals surface area contributed by atoms with E-state index in [-0.39, 0.29) is 6.04 Å². The maximum Gasteiger partial charge on any atom is 0.192 e. The van der Waals surface area contributed by atoms with Gasteiger partial charge in [-0.25, -0.2) is 0 Å². The van der Waals surface area contributed by atoms with Crippen LogP contribution >= 0.6 is 11.3 Å². The molecule has 4 heteroatoms. The maximum atomic E-state index is 6.02. The van der Waals surface area contributed by atoms with Gasteiger partial charge in [-0.05, 0) is 39.1 Å². The van der Waals surface area contributed by atoms with E-state index >= 15 is 0 Å². The minimum absolute atomic E-state index is 0.240. The van der Waals surface area contributed by atoms with E-state index in [0.717, 1.165) is 6.54 Å². The normalized spacial score (nSPS) is 12.5. The number of hydrogen-bond acceptors (Lipinski definition) is 2. The molecule has 0 aliphatic rings. The summed E-state index contributed by atoms with van der Waals surface area (Å²) in [5.74, 6) is 0.637. The molecule has 0 unspecified atom stereocenters. The third-order valence-electron chi connectivity index (χ3n) is 2.21. The Morgan fingerprint density at radius 2 is 2.12 bits per heavy atom. The molecule has 0 amide bonds. The highest BCUT2D eigenvalue weighted by Crippen LogP contribution is 2.13. The summed E-state index contributed by atoms with van der Waals surface area (Å²) in [5.41, 5.74) is 6.02. The van der Waals surface area contributed by atoms with Gasteiger partial charge in [-0.15, -0.1) is 11.3 Å². The molecule has 1 aromatic heterocycles. The zero-order valence-electron chi connectivity index (χ0n) is 10.5. The minimum Gasteiger partial charge on any atom is -0.370 e. The van der Waals surface area contributed by atoms with Crippen LogP contribution in [0.3, 0.4) is 0 Å². The van der Waals surface area contributed by atoms with Gasteiger partial charge in [0.15, 0.2) is 5.96 Å². The fraction of sp³-hybridized carbons (Fsp3) is 0.583. The molecule has 3 nitrogen and oxygen atoms in total. The third-order valence-corrected chi connectivity index (χ3v) is 3.08. The summed E-state index contributed by atoms with van der Waals surface area (Å²) < 4.78 is 0. The van der Waals surface area contributed by atoms with Crippen LogP contribution in [0.2, 0.25) is 0 Å². The molecule has 0 aliphatic carbocycles. The zero-order chi connectivity index (χ0) is 12.1. The van der Waals surface area contributed by atoms with Crippen molar-refractivity contribution in [2.24, 2.45) is 10.7 Å². The highest BCUT2D eigenvalue weighted by atomic mass is 32.1. The fourth-order valence-electron chi connectivity index (χ4n) is 1.44. The molecule has 0 saturated heterocycles. The summed E-state index contributed by atoms with van der Waals surface area (Å²) in [6, 6.07) is 4.80. The van der Waals surface area contributed by atoms with Gasteiger partial charge in [0.25, 0.3) is 0 Å². The minimum atomic E-state index is 0.240. The van der Waals surface area contributed by atoms with E-state index in [2.05, 4.69) is 41.3 Å². The lowest BCUT2D eigenvalue weighted by Crippen LogP contribution is -2.41. The molecule has 0 bridgehead atoms. The Morgan fingerprint density at radius 3 is 2.56 bits per heavy atom. The van der Waals surface area contributed by atoms with Gasteiger partial charge >= 0.3 is 0 Å². The summed E-state index contributed by atoms with van der Waals surface area (Å²) in [4.78, 5) is 7.85. The Balaban J connectivity index is 2.75. The van der Waals surface area contributed by atoms with Crippen LogP contribution in [0.1, 0.15) is 32.6 Å². The number of nitrogens with two attached hydrogens (primary N) is 1. The van der Waals surface area contributed by atoms with Gasteiger partial charge in [0.1, 0.15) is 0 Å². The van der Waals surface area contributed by atoms with Crippen LogP contribution in [0.5, 0.6) is 0 Å². The van der Waals surface area contributed by atoms with Crippen molar-refractivity contribution in [3.63, 3.8) is 0 Å². The van der Waals surface area contributed by atoms with E-state index < -0.39 is 0 Å². The van der Waals surface area contributed by atoms with Gasteiger partial charge in [0.05, 0.1) is 6.54 Å². The number of rotatable bonds is 4. The van der Waals surface area contributed by atoms with E-state index in [9.17, 15) is 0 Å². The fourth-order valence-corrected chi connectivity index (χ4v) is 2.14. The van der Waals surface area contributed by atoms with Crippen LogP contribution in [0.15, 0.2) is 22.5 Å². The second-order valence-corrected chi connectivity index (χ2v) is 5.41. The zero-order valence-corrected chi connectivity index (χ0v) is 11.3. The van der Waals surface area contributed by atoms with Crippen molar-refractivity contribution in [1.82, 2.24) is 4.90 Å². The molecule has 0 spiro atoms. The van der Waals surface area contributed by atoms with Gasteiger partial charge in [-0.1, -0.05) is 6.07 Å². The second-order valence-electron chi connectivity index (χ2n) is 4.38. The van der Waals surface area contributed by atoms with Crippen LogP contribution in [0.4, 0.5) is 0 Å². The number of thiophene rings is 1. The SMILES string of the molecule is CC(C)N=C(N)N(Cc1cccs1)C(C)C. The molecule has 1 rings (SSSR count). The Labute approximate surface area is 102 Å². The second kappa shape index (κ2) is 5.89. The highest BCUT2D eigenvalue weighted by molar-refractivity contribution is 7.09. The van der Waals surface area contributed by atoms with E-state index in [4.69, 9.17) is 5.73 Å². The van der Waals surface area contributed by atoms with Crippen molar-refractivity contribution >= 4 is 17.3 Å². The first-order valence-electron chi connectivity index (χ1n) is 5.63. The van der Waals surface area contributed by atoms with Crippen molar-refractivity contribution in [2.45, 2.75) is 46.3 Å². The van der Waals surface area contributed by atoms with E-state index in [1.54, 1.807) is 11.3 Å². The maximum absolute atomic E-state index is 6.02. The molecule has 0 fully saturated rings. The summed E-state index contributed by atoms with van der Waals surface area (Å²) in [6.45, 7) is 9.19. The quantitative estimate of drug-likeness (QED) is 0.648. The number of guanidine groups is 1. The molecule has 2 N–H and O–H groups in total. The van der Waals surface area contributed by atoms with Crippen molar-refractivity contribution in [1.29, 1.82) is 0 Å². The van der Waals surface area contributed by atoms with Gasteiger partial charge in [-0.2, -0.15) is 0 Å². The molecule has 1 aromatic rings. The van der Waals surface area contributed by atoms with Crippen LogP contribution < -0.4 is 5.73 Å². The first kappa shape index (κ1) is 13.0.